The predicted octanol–water partition coefficient (Wildman–Crippen LogP) is 1.94. The summed E-state index contributed by atoms with van der Waals surface area (Å²) in [6.45, 7) is 7.56. The molecule has 1 rings (SSSR count). The SMILES string of the molecule is CC(C)CC(CO)NCC(O)COC1CCC(C)CC1. The normalized spacial score (nSPS) is 26.7. The van der Waals surface area contributed by atoms with Gasteiger partial charge in [0.25, 0.3) is 0 Å². The van der Waals surface area contributed by atoms with Crippen LogP contribution in [0.5, 0.6) is 0 Å². The number of nitrogens with one attached hydrogen (secondary N) is 1. The lowest BCUT2D eigenvalue weighted by Gasteiger charge is -2.27. The summed E-state index contributed by atoms with van der Waals surface area (Å²) in [7, 11) is 0. The van der Waals surface area contributed by atoms with Crippen LogP contribution < -0.4 is 5.32 Å². The molecule has 20 heavy (non-hydrogen) atoms. The summed E-state index contributed by atoms with van der Waals surface area (Å²) in [5.41, 5.74) is 0. The zero-order valence-electron chi connectivity index (χ0n) is 13.3. The fraction of sp³-hybridized carbons (Fsp3) is 1.00. The number of aliphatic hydroxyl groups excluding tert-OH is 2. The molecule has 2 atom stereocenters. The van der Waals surface area contributed by atoms with Crippen LogP contribution in [0, 0.1) is 11.8 Å². The van der Waals surface area contributed by atoms with Crippen LogP contribution in [0.1, 0.15) is 52.9 Å². The molecule has 4 heteroatoms. The Hall–Kier alpha value is -0.160. The molecule has 0 amide bonds. The van der Waals surface area contributed by atoms with Crippen molar-refractivity contribution in [3.63, 3.8) is 0 Å². The molecular formula is C16H33NO3. The Balaban J connectivity index is 2.11. The van der Waals surface area contributed by atoms with E-state index in [0.717, 1.165) is 25.2 Å². The lowest BCUT2D eigenvalue weighted by molar-refractivity contribution is -0.0289. The lowest BCUT2D eigenvalue weighted by atomic mass is 9.89. The fourth-order valence-corrected chi connectivity index (χ4v) is 2.80. The van der Waals surface area contributed by atoms with Crippen LogP contribution in [0.2, 0.25) is 0 Å². The third-order valence-corrected chi connectivity index (χ3v) is 4.11. The summed E-state index contributed by atoms with van der Waals surface area (Å²) < 4.78 is 5.79. The molecule has 1 aliphatic carbocycles. The van der Waals surface area contributed by atoms with Crippen molar-refractivity contribution in [2.45, 2.75) is 71.1 Å². The number of aliphatic hydroxyl groups is 2. The van der Waals surface area contributed by atoms with E-state index in [1.807, 2.05) is 0 Å². The van der Waals surface area contributed by atoms with Gasteiger partial charge in [0, 0.05) is 12.6 Å². The van der Waals surface area contributed by atoms with Gasteiger partial charge in [0.2, 0.25) is 0 Å². The molecule has 0 aromatic carbocycles. The van der Waals surface area contributed by atoms with Crippen molar-refractivity contribution in [3.8, 4) is 0 Å². The van der Waals surface area contributed by atoms with E-state index in [1.54, 1.807) is 0 Å². The third kappa shape index (κ3) is 7.58. The Morgan fingerprint density at radius 2 is 1.85 bits per heavy atom. The van der Waals surface area contributed by atoms with Crippen LogP contribution in [0.3, 0.4) is 0 Å². The zero-order valence-corrected chi connectivity index (χ0v) is 13.3. The van der Waals surface area contributed by atoms with Gasteiger partial charge in [0.1, 0.15) is 0 Å². The van der Waals surface area contributed by atoms with E-state index in [-0.39, 0.29) is 12.6 Å². The molecule has 1 saturated carbocycles. The first-order valence-electron chi connectivity index (χ1n) is 8.15. The number of rotatable bonds is 9. The summed E-state index contributed by atoms with van der Waals surface area (Å²) in [5, 5.41) is 22.4. The highest BCUT2D eigenvalue weighted by atomic mass is 16.5. The van der Waals surface area contributed by atoms with Crippen LogP contribution in [0.25, 0.3) is 0 Å². The van der Waals surface area contributed by atoms with Crippen molar-refractivity contribution in [1.29, 1.82) is 0 Å². The van der Waals surface area contributed by atoms with E-state index in [4.69, 9.17) is 4.74 Å². The molecule has 120 valence electrons. The Morgan fingerprint density at radius 3 is 2.40 bits per heavy atom. The zero-order chi connectivity index (χ0) is 15.0. The highest BCUT2D eigenvalue weighted by molar-refractivity contribution is 4.72. The van der Waals surface area contributed by atoms with E-state index < -0.39 is 6.10 Å². The highest BCUT2D eigenvalue weighted by Gasteiger charge is 2.20. The second-order valence-electron chi connectivity index (χ2n) is 6.79. The van der Waals surface area contributed by atoms with Gasteiger partial charge < -0.3 is 20.3 Å². The van der Waals surface area contributed by atoms with Crippen LogP contribution >= 0.6 is 0 Å². The summed E-state index contributed by atoms with van der Waals surface area (Å²) in [6.07, 6.45) is 5.47. The molecular weight excluding hydrogens is 254 g/mol. The van der Waals surface area contributed by atoms with Crippen LogP contribution in [0.4, 0.5) is 0 Å². The third-order valence-electron chi connectivity index (χ3n) is 4.11. The molecule has 0 radical (unpaired) electrons. The monoisotopic (exact) mass is 287 g/mol. The Bertz CT molecular complexity index is 240. The minimum atomic E-state index is -0.490. The second kappa shape index (κ2) is 9.72. The molecule has 2 unspecified atom stereocenters. The van der Waals surface area contributed by atoms with E-state index in [9.17, 15) is 10.2 Å². The molecule has 0 bridgehead atoms. The fourth-order valence-electron chi connectivity index (χ4n) is 2.80. The van der Waals surface area contributed by atoms with Gasteiger partial charge in [-0.05, 0) is 43.9 Å². The molecule has 0 aliphatic heterocycles. The minimum absolute atomic E-state index is 0.0696. The molecule has 3 N–H and O–H groups in total. The van der Waals surface area contributed by atoms with E-state index in [0.29, 0.717) is 25.2 Å². The van der Waals surface area contributed by atoms with Gasteiger partial charge >= 0.3 is 0 Å². The second-order valence-corrected chi connectivity index (χ2v) is 6.79. The number of hydrogen-bond acceptors (Lipinski definition) is 4. The Morgan fingerprint density at radius 1 is 1.20 bits per heavy atom. The van der Waals surface area contributed by atoms with E-state index in [2.05, 4.69) is 26.1 Å². The number of hydrogen-bond donors (Lipinski definition) is 3. The van der Waals surface area contributed by atoms with Crippen molar-refractivity contribution >= 4 is 0 Å². The maximum absolute atomic E-state index is 9.94. The Kier molecular flexibility index (Phi) is 8.69. The lowest BCUT2D eigenvalue weighted by Crippen LogP contribution is -2.40. The smallest absolute Gasteiger partial charge is 0.0897 e. The first kappa shape index (κ1) is 17.9. The molecule has 0 saturated heterocycles. The first-order chi connectivity index (χ1) is 9.51. The Labute approximate surface area is 123 Å². The van der Waals surface area contributed by atoms with Crippen LogP contribution in [-0.2, 0) is 4.74 Å². The molecule has 0 heterocycles. The maximum atomic E-state index is 9.94. The minimum Gasteiger partial charge on any atom is -0.395 e. The van der Waals surface area contributed by atoms with Crippen molar-refractivity contribution in [3.05, 3.63) is 0 Å². The summed E-state index contributed by atoms with van der Waals surface area (Å²) in [4.78, 5) is 0. The first-order valence-corrected chi connectivity index (χ1v) is 8.15. The standard InChI is InChI=1S/C16H33NO3/c1-12(2)8-14(10-18)17-9-15(19)11-20-16-6-4-13(3)5-7-16/h12-19H,4-11H2,1-3H3. The topological polar surface area (TPSA) is 61.7 Å². The van der Waals surface area contributed by atoms with Gasteiger partial charge in [-0.25, -0.2) is 0 Å². The van der Waals surface area contributed by atoms with Gasteiger partial charge in [-0.15, -0.1) is 0 Å². The van der Waals surface area contributed by atoms with E-state index >= 15 is 0 Å². The summed E-state index contributed by atoms with van der Waals surface area (Å²) >= 11 is 0. The molecule has 0 spiro atoms. The maximum Gasteiger partial charge on any atom is 0.0897 e. The molecule has 0 aromatic rings. The molecule has 0 aromatic heterocycles. The average Bonchev–Trinajstić information content (AvgIpc) is 2.42. The van der Waals surface area contributed by atoms with Gasteiger partial charge in [0.05, 0.1) is 25.4 Å². The largest absolute Gasteiger partial charge is 0.395 e. The molecule has 1 fully saturated rings. The summed E-state index contributed by atoms with van der Waals surface area (Å²) in [6, 6.07) is 0.0696. The van der Waals surface area contributed by atoms with Crippen LogP contribution in [0.15, 0.2) is 0 Å². The average molecular weight is 287 g/mol. The highest BCUT2D eigenvalue weighted by Crippen LogP contribution is 2.25. The van der Waals surface area contributed by atoms with Crippen LogP contribution in [-0.4, -0.2) is 48.2 Å². The van der Waals surface area contributed by atoms with Crippen molar-refractivity contribution in [2.24, 2.45) is 11.8 Å². The van der Waals surface area contributed by atoms with Crippen molar-refractivity contribution in [2.75, 3.05) is 19.8 Å². The van der Waals surface area contributed by atoms with Crippen molar-refractivity contribution in [1.82, 2.24) is 5.32 Å². The molecule has 1 aliphatic rings. The van der Waals surface area contributed by atoms with Gasteiger partial charge in [-0.2, -0.15) is 0 Å². The quantitative estimate of drug-likeness (QED) is 0.606. The van der Waals surface area contributed by atoms with Gasteiger partial charge in [-0.1, -0.05) is 20.8 Å². The predicted molar refractivity (Wildman–Crippen MR) is 81.7 cm³/mol. The van der Waals surface area contributed by atoms with Gasteiger partial charge in [-0.3, -0.25) is 0 Å². The van der Waals surface area contributed by atoms with Crippen molar-refractivity contribution < 1.29 is 14.9 Å². The molecule has 4 nitrogen and oxygen atoms in total. The van der Waals surface area contributed by atoms with E-state index in [1.165, 1.54) is 12.8 Å². The number of ether oxygens (including phenoxy) is 1. The summed E-state index contributed by atoms with van der Waals surface area (Å²) in [5.74, 6) is 1.36. The van der Waals surface area contributed by atoms with Gasteiger partial charge in [0.15, 0.2) is 0 Å².